The minimum Gasteiger partial charge on any atom is -0.300 e. The molecule has 4 heteroatoms. The van der Waals surface area contributed by atoms with Gasteiger partial charge in [-0.05, 0) is 24.3 Å². The summed E-state index contributed by atoms with van der Waals surface area (Å²) >= 11 is 0. The summed E-state index contributed by atoms with van der Waals surface area (Å²) in [6.45, 7) is 6.71. The van der Waals surface area contributed by atoms with Gasteiger partial charge in [-0.25, -0.2) is 4.98 Å². The first-order valence-corrected chi connectivity index (χ1v) is 10.4. The minimum atomic E-state index is -1.35. The van der Waals surface area contributed by atoms with Gasteiger partial charge in [0.15, 0.2) is 0 Å². The van der Waals surface area contributed by atoms with Crippen LogP contribution >= 0.6 is 0 Å². The average Bonchev–Trinajstić information content (AvgIpc) is 2.89. The molecule has 3 rings (SSSR count). The van der Waals surface area contributed by atoms with E-state index in [4.69, 9.17) is 0 Å². The Morgan fingerprint density at radius 2 is 1.90 bits per heavy atom. The highest BCUT2D eigenvalue weighted by Crippen LogP contribution is 2.17. The zero-order valence-corrected chi connectivity index (χ0v) is 13.5. The van der Waals surface area contributed by atoms with E-state index in [0.29, 0.717) is 0 Å². The maximum atomic E-state index is 4.52. The molecule has 0 saturated carbocycles. The fourth-order valence-electron chi connectivity index (χ4n) is 2.04. The fraction of sp³-hybridized carbons (Fsp3) is 0.176. The molecular formula is C17H17N3Si. The number of nitrogens with zero attached hydrogens (tertiary/aromatic N) is 3. The molecule has 0 radical (unpaired) electrons. The van der Waals surface area contributed by atoms with Gasteiger partial charge in [-0.2, -0.15) is 0 Å². The summed E-state index contributed by atoms with van der Waals surface area (Å²) in [5.41, 5.74) is 5.38. The van der Waals surface area contributed by atoms with Crippen molar-refractivity contribution in [2.24, 2.45) is 0 Å². The van der Waals surface area contributed by atoms with Gasteiger partial charge in [0.25, 0.3) is 0 Å². The van der Waals surface area contributed by atoms with Crippen LogP contribution in [0.3, 0.4) is 0 Å². The normalized spacial score (nSPS) is 11.2. The summed E-state index contributed by atoms with van der Waals surface area (Å²) < 4.78 is 2.04. The third-order valence-corrected chi connectivity index (χ3v) is 3.95. The smallest absolute Gasteiger partial charge is 0.137 e. The standard InChI is InChI=1S/C17H17N3Si/c1-21(2,3)11-8-14-4-5-17(19-12-14)20-10-7-15-6-9-18-13-16(15)20/h4-7,9-10,12-13H,1-3H3. The van der Waals surface area contributed by atoms with Crippen molar-refractivity contribution < 1.29 is 0 Å². The number of hydrogen-bond donors (Lipinski definition) is 0. The van der Waals surface area contributed by atoms with E-state index in [0.717, 1.165) is 22.3 Å². The monoisotopic (exact) mass is 291 g/mol. The summed E-state index contributed by atoms with van der Waals surface area (Å²) in [6, 6.07) is 8.09. The van der Waals surface area contributed by atoms with Crippen molar-refractivity contribution >= 4 is 19.0 Å². The zero-order valence-electron chi connectivity index (χ0n) is 12.5. The van der Waals surface area contributed by atoms with Crippen molar-refractivity contribution in [3.8, 4) is 17.3 Å². The van der Waals surface area contributed by atoms with E-state index in [2.05, 4.69) is 47.1 Å². The molecule has 3 heterocycles. The van der Waals surface area contributed by atoms with Crippen molar-refractivity contribution in [3.63, 3.8) is 0 Å². The Bertz CT molecular complexity index is 830. The molecule has 0 unspecified atom stereocenters. The van der Waals surface area contributed by atoms with Gasteiger partial charge in [-0.15, -0.1) is 5.54 Å². The second-order valence-corrected chi connectivity index (χ2v) is 10.8. The Labute approximate surface area is 125 Å². The average molecular weight is 291 g/mol. The molecule has 0 amide bonds. The molecule has 0 aliphatic heterocycles. The molecule has 0 aliphatic rings. The molecular weight excluding hydrogens is 274 g/mol. The quantitative estimate of drug-likeness (QED) is 0.506. The van der Waals surface area contributed by atoms with E-state index in [1.54, 1.807) is 6.20 Å². The van der Waals surface area contributed by atoms with Crippen LogP contribution in [0.5, 0.6) is 0 Å². The van der Waals surface area contributed by atoms with E-state index in [1.165, 1.54) is 0 Å². The van der Waals surface area contributed by atoms with Crippen molar-refractivity contribution in [3.05, 3.63) is 54.6 Å². The molecule has 0 aliphatic carbocycles. The van der Waals surface area contributed by atoms with Gasteiger partial charge in [0.2, 0.25) is 0 Å². The zero-order chi connectivity index (χ0) is 14.9. The van der Waals surface area contributed by atoms with Crippen molar-refractivity contribution in [1.29, 1.82) is 0 Å². The molecule has 3 aromatic rings. The molecule has 104 valence electrons. The lowest BCUT2D eigenvalue weighted by Crippen LogP contribution is -2.16. The van der Waals surface area contributed by atoms with Gasteiger partial charge >= 0.3 is 0 Å². The van der Waals surface area contributed by atoms with E-state index >= 15 is 0 Å². The Balaban J connectivity index is 1.96. The van der Waals surface area contributed by atoms with Gasteiger partial charge in [0.1, 0.15) is 13.9 Å². The predicted octanol–water partition coefficient (Wildman–Crippen LogP) is 3.65. The van der Waals surface area contributed by atoms with Gasteiger partial charge in [-0.1, -0.05) is 25.6 Å². The molecule has 0 spiro atoms. The van der Waals surface area contributed by atoms with E-state index < -0.39 is 8.07 Å². The molecule has 0 aromatic carbocycles. The second kappa shape index (κ2) is 5.19. The maximum absolute atomic E-state index is 4.52. The molecule has 3 aromatic heterocycles. The van der Waals surface area contributed by atoms with Gasteiger partial charge in [-0.3, -0.25) is 9.55 Å². The lowest BCUT2D eigenvalue weighted by molar-refractivity contribution is 1.04. The van der Waals surface area contributed by atoms with Gasteiger partial charge < -0.3 is 0 Å². The highest BCUT2D eigenvalue weighted by molar-refractivity contribution is 6.83. The Morgan fingerprint density at radius 1 is 1.05 bits per heavy atom. The minimum absolute atomic E-state index is 0.886. The first kappa shape index (κ1) is 13.6. The van der Waals surface area contributed by atoms with Crippen LogP contribution < -0.4 is 0 Å². The lowest BCUT2D eigenvalue weighted by Gasteiger charge is -2.05. The first-order chi connectivity index (χ1) is 10.0. The summed E-state index contributed by atoms with van der Waals surface area (Å²) in [6.07, 6.45) is 7.51. The Morgan fingerprint density at radius 3 is 2.62 bits per heavy atom. The van der Waals surface area contributed by atoms with Crippen molar-refractivity contribution in [2.45, 2.75) is 19.6 Å². The number of aromatic nitrogens is 3. The lowest BCUT2D eigenvalue weighted by atomic mass is 10.3. The van der Waals surface area contributed by atoms with Crippen LogP contribution in [0.4, 0.5) is 0 Å². The molecule has 21 heavy (non-hydrogen) atoms. The fourth-order valence-corrected chi connectivity index (χ4v) is 2.56. The van der Waals surface area contributed by atoms with Crippen LogP contribution in [0.25, 0.3) is 16.7 Å². The molecule has 0 atom stereocenters. The first-order valence-electron chi connectivity index (χ1n) is 6.94. The molecule has 3 nitrogen and oxygen atoms in total. The number of rotatable bonds is 1. The number of hydrogen-bond acceptors (Lipinski definition) is 2. The highest BCUT2D eigenvalue weighted by atomic mass is 28.3. The maximum Gasteiger partial charge on any atom is 0.137 e. The van der Waals surface area contributed by atoms with Crippen molar-refractivity contribution in [1.82, 2.24) is 14.5 Å². The van der Waals surface area contributed by atoms with Crippen LogP contribution in [-0.2, 0) is 0 Å². The number of fused-ring (bicyclic) bond motifs is 1. The molecule has 0 fully saturated rings. The Hall–Kier alpha value is -2.38. The van der Waals surface area contributed by atoms with Crippen LogP contribution in [0.15, 0.2) is 49.1 Å². The summed E-state index contributed by atoms with van der Waals surface area (Å²) in [5.74, 6) is 4.11. The van der Waals surface area contributed by atoms with Crippen molar-refractivity contribution in [2.75, 3.05) is 0 Å². The van der Waals surface area contributed by atoms with E-state index in [1.807, 2.05) is 41.4 Å². The van der Waals surface area contributed by atoms with Crippen LogP contribution in [0.2, 0.25) is 19.6 Å². The third-order valence-electron chi connectivity index (χ3n) is 3.07. The van der Waals surface area contributed by atoms with E-state index in [-0.39, 0.29) is 0 Å². The van der Waals surface area contributed by atoms with Crippen LogP contribution in [-0.4, -0.2) is 22.6 Å². The third kappa shape index (κ3) is 3.04. The van der Waals surface area contributed by atoms with E-state index in [9.17, 15) is 0 Å². The van der Waals surface area contributed by atoms with Gasteiger partial charge in [0.05, 0.1) is 11.7 Å². The topological polar surface area (TPSA) is 30.7 Å². The Kier molecular flexibility index (Phi) is 3.36. The second-order valence-electron chi connectivity index (χ2n) is 6.03. The molecule has 0 bridgehead atoms. The largest absolute Gasteiger partial charge is 0.300 e. The SMILES string of the molecule is C[Si](C)(C)C#Cc1ccc(-n2ccc3ccncc32)nc1. The molecule has 0 saturated heterocycles. The van der Waals surface area contributed by atoms with Gasteiger partial charge in [0, 0.05) is 29.5 Å². The highest BCUT2D eigenvalue weighted by Gasteiger charge is 2.08. The predicted molar refractivity (Wildman–Crippen MR) is 89.1 cm³/mol. The summed E-state index contributed by atoms with van der Waals surface area (Å²) in [5, 5.41) is 1.16. The van der Waals surface area contributed by atoms with Crippen LogP contribution in [0, 0.1) is 11.5 Å². The summed E-state index contributed by atoms with van der Waals surface area (Å²) in [4.78, 5) is 8.70. The molecule has 0 N–H and O–H groups in total. The summed E-state index contributed by atoms with van der Waals surface area (Å²) in [7, 11) is -1.35. The number of pyridine rings is 2. The van der Waals surface area contributed by atoms with Crippen LogP contribution in [0.1, 0.15) is 5.56 Å².